The van der Waals surface area contributed by atoms with Gasteiger partial charge in [-0.1, -0.05) is 36.4 Å². The number of thioether (sulfide) groups is 1. The number of hydrogen-bond acceptors (Lipinski definition) is 3. The van der Waals surface area contributed by atoms with Crippen molar-refractivity contribution in [2.24, 2.45) is 4.99 Å². The predicted octanol–water partition coefficient (Wildman–Crippen LogP) is 3.71. The number of pyridine rings is 1. The van der Waals surface area contributed by atoms with Crippen LogP contribution in [0.2, 0.25) is 0 Å². The van der Waals surface area contributed by atoms with Crippen LogP contribution in [0.4, 0.5) is 5.69 Å². The molecule has 1 atom stereocenters. The summed E-state index contributed by atoms with van der Waals surface area (Å²) in [6.07, 6.45) is 1.91. The maximum Gasteiger partial charge on any atom is 0.279 e. The molecule has 4 rings (SSSR count). The van der Waals surface area contributed by atoms with E-state index in [0.717, 1.165) is 10.5 Å². The van der Waals surface area contributed by atoms with Crippen LogP contribution in [-0.2, 0) is 11.3 Å². The lowest BCUT2D eigenvalue weighted by Crippen LogP contribution is -2.26. The number of hydrogen-bond donors (Lipinski definition) is 1. The number of amides is 2. The maximum absolute atomic E-state index is 12.8. The maximum atomic E-state index is 12.8. The quantitative estimate of drug-likeness (QED) is 0.743. The number of carbonyl (C=O) groups excluding carboxylic acids is 2. The Kier molecular flexibility index (Phi) is 5.12. The van der Waals surface area contributed by atoms with Gasteiger partial charge in [0.1, 0.15) is 5.49 Å². The highest BCUT2D eigenvalue weighted by atomic mass is 32.2. The van der Waals surface area contributed by atoms with Gasteiger partial charge in [-0.2, -0.15) is 4.99 Å². The molecule has 0 aliphatic carbocycles. The highest BCUT2D eigenvalue weighted by Crippen LogP contribution is 2.35. The van der Waals surface area contributed by atoms with Crippen molar-refractivity contribution in [1.82, 2.24) is 4.57 Å². The molecule has 1 unspecified atom stereocenters. The van der Waals surface area contributed by atoms with Gasteiger partial charge in [-0.05, 0) is 42.8 Å². The number of rotatable bonds is 3. The van der Waals surface area contributed by atoms with Crippen LogP contribution in [0.25, 0.3) is 0 Å². The lowest BCUT2D eigenvalue weighted by molar-refractivity contribution is -0.115. The first-order valence-corrected chi connectivity index (χ1v) is 9.88. The zero-order valence-corrected chi connectivity index (χ0v) is 16.1. The smallest absolute Gasteiger partial charge is 0.279 e. The minimum atomic E-state index is -0.339. The van der Waals surface area contributed by atoms with Crippen molar-refractivity contribution in [1.29, 1.82) is 0 Å². The second-order valence-electron chi connectivity index (χ2n) is 6.55. The van der Waals surface area contributed by atoms with Crippen LogP contribution in [0.5, 0.6) is 0 Å². The molecule has 5 nitrogen and oxygen atoms in total. The molecule has 0 bridgehead atoms. The van der Waals surface area contributed by atoms with Crippen LogP contribution < -0.4 is 10.8 Å². The summed E-state index contributed by atoms with van der Waals surface area (Å²) in [7, 11) is 0. The first-order chi connectivity index (χ1) is 13.6. The summed E-state index contributed by atoms with van der Waals surface area (Å²) in [4.78, 5) is 29.9. The fraction of sp³-hybridized carbons (Fsp3) is 0.136. The van der Waals surface area contributed by atoms with Crippen molar-refractivity contribution in [3.05, 3.63) is 89.5 Å². The Morgan fingerprint density at radius 1 is 1.11 bits per heavy atom. The summed E-state index contributed by atoms with van der Waals surface area (Å²) in [6.45, 7) is 2.49. The van der Waals surface area contributed by atoms with E-state index in [1.807, 2.05) is 72.3 Å². The first-order valence-electron chi connectivity index (χ1n) is 9.00. The van der Waals surface area contributed by atoms with E-state index in [0.29, 0.717) is 23.3 Å². The fourth-order valence-electron chi connectivity index (χ4n) is 2.99. The second kappa shape index (κ2) is 7.86. The largest absolute Gasteiger partial charge is 0.328 e. The molecule has 1 aromatic heterocycles. The number of nitrogens with zero attached hydrogens (tertiary/aromatic N) is 2. The predicted molar refractivity (Wildman–Crippen MR) is 110 cm³/mol. The molecule has 3 aromatic rings. The summed E-state index contributed by atoms with van der Waals surface area (Å²) < 4.78 is 1.94. The van der Waals surface area contributed by atoms with Crippen molar-refractivity contribution in [2.75, 3.05) is 5.32 Å². The van der Waals surface area contributed by atoms with Gasteiger partial charge in [0, 0.05) is 23.2 Å². The summed E-state index contributed by atoms with van der Waals surface area (Å²) in [5, 5.41) is 2.72. The number of anilines is 1. The van der Waals surface area contributed by atoms with E-state index >= 15 is 0 Å². The Morgan fingerprint density at radius 3 is 2.71 bits per heavy atom. The van der Waals surface area contributed by atoms with Gasteiger partial charge in [0.05, 0.1) is 10.9 Å². The number of carbonyl (C=O) groups is 2. The van der Waals surface area contributed by atoms with Gasteiger partial charge in [0.15, 0.2) is 0 Å². The Labute approximate surface area is 167 Å². The molecule has 1 N–H and O–H groups in total. The second-order valence-corrected chi connectivity index (χ2v) is 7.93. The van der Waals surface area contributed by atoms with Gasteiger partial charge in [0.25, 0.3) is 5.91 Å². The zero-order valence-electron chi connectivity index (χ0n) is 15.3. The van der Waals surface area contributed by atoms with E-state index in [2.05, 4.69) is 10.3 Å². The van der Waals surface area contributed by atoms with Crippen molar-refractivity contribution in [2.45, 2.75) is 23.6 Å². The molecule has 1 aliphatic rings. The molecule has 0 fully saturated rings. The van der Waals surface area contributed by atoms with Crippen LogP contribution in [0.1, 0.15) is 22.8 Å². The minimum Gasteiger partial charge on any atom is -0.328 e. The number of fused-ring (bicyclic) bond motifs is 1. The Morgan fingerprint density at radius 2 is 1.89 bits per heavy atom. The molecule has 2 heterocycles. The molecule has 2 amide bonds. The van der Waals surface area contributed by atoms with Crippen LogP contribution in [0, 0.1) is 0 Å². The number of aromatic nitrogens is 1. The topological polar surface area (TPSA) is 63.5 Å². The Hall–Kier alpha value is -3.12. The van der Waals surface area contributed by atoms with Gasteiger partial charge in [-0.15, -0.1) is 11.8 Å². The Bertz CT molecular complexity index is 1110. The van der Waals surface area contributed by atoms with Crippen LogP contribution in [-0.4, -0.2) is 21.6 Å². The van der Waals surface area contributed by atoms with Crippen LogP contribution >= 0.6 is 11.8 Å². The highest BCUT2D eigenvalue weighted by Gasteiger charge is 2.23. The average molecular weight is 389 g/mol. The molecule has 28 heavy (non-hydrogen) atoms. The molecular formula is C22H19N3O2S. The summed E-state index contributed by atoms with van der Waals surface area (Å²) in [6, 6.07) is 20.9. The first kappa shape index (κ1) is 18.3. The van der Waals surface area contributed by atoms with Crippen LogP contribution in [0.15, 0.2) is 82.8 Å². The van der Waals surface area contributed by atoms with Crippen molar-refractivity contribution in [3.8, 4) is 0 Å². The zero-order chi connectivity index (χ0) is 19.5. The van der Waals surface area contributed by atoms with Crippen molar-refractivity contribution in [3.63, 3.8) is 0 Å². The highest BCUT2D eigenvalue weighted by molar-refractivity contribution is 8.00. The van der Waals surface area contributed by atoms with Gasteiger partial charge in [-0.3, -0.25) is 9.59 Å². The molecular weight excluding hydrogens is 370 g/mol. The lowest BCUT2D eigenvalue weighted by Gasteiger charge is -2.21. The normalized spacial score (nSPS) is 16.4. The van der Waals surface area contributed by atoms with E-state index in [1.54, 1.807) is 12.1 Å². The van der Waals surface area contributed by atoms with E-state index < -0.39 is 0 Å². The third-order valence-electron chi connectivity index (χ3n) is 4.49. The van der Waals surface area contributed by atoms with Gasteiger partial charge in [0.2, 0.25) is 5.91 Å². The van der Waals surface area contributed by atoms with Crippen molar-refractivity contribution < 1.29 is 9.59 Å². The summed E-state index contributed by atoms with van der Waals surface area (Å²) in [5.74, 6) is -0.392. The van der Waals surface area contributed by atoms with E-state index in [1.165, 1.54) is 11.8 Å². The molecule has 2 aromatic carbocycles. The van der Waals surface area contributed by atoms with Crippen LogP contribution in [0.3, 0.4) is 0 Å². The average Bonchev–Trinajstić information content (AvgIpc) is 2.71. The number of benzene rings is 2. The van der Waals surface area contributed by atoms with Gasteiger partial charge < -0.3 is 9.88 Å². The standard InChI is InChI=1S/C22H19N3O2S/c1-15-21(26)23-18-13-17(10-11-19(18)28-15)22(27)24-20-9-5-6-12-25(20)14-16-7-3-2-4-8-16/h2-13,15H,14H2,1H3,(H,23,26). The van der Waals surface area contributed by atoms with Gasteiger partial charge in [-0.25, -0.2) is 0 Å². The third kappa shape index (κ3) is 3.92. The molecule has 6 heteroatoms. The minimum absolute atomic E-state index is 0.0530. The fourth-order valence-corrected chi connectivity index (χ4v) is 3.92. The number of nitrogens with one attached hydrogen (secondary N) is 1. The van der Waals surface area contributed by atoms with Crippen molar-refractivity contribution >= 4 is 29.3 Å². The summed E-state index contributed by atoms with van der Waals surface area (Å²) >= 11 is 1.49. The molecule has 140 valence electrons. The van der Waals surface area contributed by atoms with Gasteiger partial charge >= 0.3 is 0 Å². The molecule has 0 saturated heterocycles. The van der Waals surface area contributed by atoms with E-state index in [9.17, 15) is 9.59 Å². The molecule has 0 saturated carbocycles. The Balaban J connectivity index is 1.64. The molecule has 0 spiro atoms. The van der Waals surface area contributed by atoms with E-state index in [-0.39, 0.29) is 17.1 Å². The lowest BCUT2D eigenvalue weighted by atomic mass is 10.2. The third-order valence-corrected chi connectivity index (χ3v) is 5.66. The molecule has 1 aliphatic heterocycles. The SMILES string of the molecule is CC1Sc2ccc(C(=O)N=c3ccccn3Cc3ccccc3)cc2NC1=O. The summed E-state index contributed by atoms with van der Waals surface area (Å²) in [5.41, 5.74) is 2.83. The molecule has 0 radical (unpaired) electrons. The monoisotopic (exact) mass is 389 g/mol. The van der Waals surface area contributed by atoms with E-state index in [4.69, 9.17) is 0 Å².